The van der Waals surface area contributed by atoms with Gasteiger partial charge in [-0.1, -0.05) is 18.2 Å². The van der Waals surface area contributed by atoms with Crippen molar-refractivity contribution in [1.29, 1.82) is 0 Å². The van der Waals surface area contributed by atoms with Crippen molar-refractivity contribution in [2.45, 2.75) is 6.92 Å². The van der Waals surface area contributed by atoms with Crippen molar-refractivity contribution >= 4 is 29.4 Å². The highest BCUT2D eigenvalue weighted by molar-refractivity contribution is 6.34. The van der Waals surface area contributed by atoms with Crippen LogP contribution in [0.4, 0.5) is 10.5 Å². The van der Waals surface area contributed by atoms with Crippen LogP contribution in [0.5, 0.6) is 5.88 Å². The van der Waals surface area contributed by atoms with Crippen LogP contribution in [0.15, 0.2) is 30.3 Å². The van der Waals surface area contributed by atoms with Gasteiger partial charge in [-0.25, -0.2) is 4.79 Å². The minimum absolute atomic E-state index is 0.161. The molecule has 1 aliphatic heterocycles. The number of amides is 1. The number of benzene rings is 1. The number of methoxy groups -OCH3 is 1. The molecule has 1 amide bonds. The first-order chi connectivity index (χ1) is 10.6. The van der Waals surface area contributed by atoms with E-state index in [0.29, 0.717) is 11.3 Å². The summed E-state index contributed by atoms with van der Waals surface area (Å²) < 4.78 is 9.38. The Bertz CT molecular complexity index is 789. The van der Waals surface area contributed by atoms with Crippen molar-refractivity contribution in [2.75, 3.05) is 12.4 Å². The van der Waals surface area contributed by atoms with E-state index in [0.717, 1.165) is 16.8 Å². The molecule has 6 nitrogen and oxygen atoms in total. The lowest BCUT2D eigenvalue weighted by Crippen LogP contribution is -2.07. The summed E-state index contributed by atoms with van der Waals surface area (Å²) in [5.41, 5.74) is 3.74. The number of anilines is 1. The smallest absolute Gasteiger partial charge is 0.437 e. The summed E-state index contributed by atoms with van der Waals surface area (Å²) in [7, 11) is 1.24. The maximum atomic E-state index is 12.1. The van der Waals surface area contributed by atoms with Gasteiger partial charge in [-0.15, -0.1) is 0 Å². The molecule has 2 heterocycles. The second-order valence-corrected chi connectivity index (χ2v) is 4.84. The molecule has 1 aromatic heterocycles. The fraction of sp³-hybridized carbons (Fsp3) is 0.125. The number of aromatic nitrogens is 1. The van der Waals surface area contributed by atoms with E-state index in [4.69, 9.17) is 4.74 Å². The average Bonchev–Trinajstić information content (AvgIpc) is 3.00. The van der Waals surface area contributed by atoms with E-state index in [1.165, 1.54) is 7.11 Å². The van der Waals surface area contributed by atoms with E-state index in [1.807, 2.05) is 31.2 Å². The van der Waals surface area contributed by atoms with Crippen molar-refractivity contribution < 1.29 is 19.1 Å². The maximum absolute atomic E-state index is 12.1. The normalized spacial score (nSPS) is 14.6. The SMILES string of the molecule is COC(=O)Oc1cc(C)c(C=C2C(=O)Nc3ccccc32)[nH]1. The number of aryl methyl sites for hydroxylation is 1. The molecule has 0 saturated heterocycles. The number of para-hydroxylation sites is 1. The zero-order chi connectivity index (χ0) is 15.7. The predicted octanol–water partition coefficient (Wildman–Crippen LogP) is 2.96. The Balaban J connectivity index is 1.96. The molecule has 2 N–H and O–H groups in total. The van der Waals surface area contributed by atoms with E-state index in [2.05, 4.69) is 15.0 Å². The van der Waals surface area contributed by atoms with Crippen LogP contribution in [0, 0.1) is 6.92 Å². The number of carbonyl (C=O) groups is 2. The van der Waals surface area contributed by atoms with Crippen molar-refractivity contribution in [1.82, 2.24) is 4.98 Å². The number of nitrogens with one attached hydrogen (secondary N) is 2. The Morgan fingerprint density at radius 3 is 2.82 bits per heavy atom. The van der Waals surface area contributed by atoms with Gasteiger partial charge in [-0.3, -0.25) is 4.79 Å². The van der Waals surface area contributed by atoms with Gasteiger partial charge in [0, 0.05) is 23.0 Å². The van der Waals surface area contributed by atoms with Crippen LogP contribution in [0.1, 0.15) is 16.8 Å². The van der Waals surface area contributed by atoms with Crippen molar-refractivity contribution in [3.05, 3.63) is 47.2 Å². The first kappa shape index (κ1) is 13.9. The zero-order valence-corrected chi connectivity index (χ0v) is 12.1. The van der Waals surface area contributed by atoms with Gasteiger partial charge in [0.05, 0.1) is 12.7 Å². The number of rotatable bonds is 2. The number of fused-ring (bicyclic) bond motifs is 1. The first-order valence-electron chi connectivity index (χ1n) is 6.66. The fourth-order valence-corrected chi connectivity index (χ4v) is 2.30. The monoisotopic (exact) mass is 298 g/mol. The van der Waals surface area contributed by atoms with Crippen LogP contribution in [-0.4, -0.2) is 24.2 Å². The molecular weight excluding hydrogens is 284 g/mol. The van der Waals surface area contributed by atoms with Gasteiger partial charge in [0.2, 0.25) is 5.88 Å². The number of hydrogen-bond donors (Lipinski definition) is 2. The summed E-state index contributed by atoms with van der Waals surface area (Å²) in [4.78, 5) is 26.1. The second-order valence-electron chi connectivity index (χ2n) is 4.84. The van der Waals surface area contributed by atoms with E-state index in [9.17, 15) is 9.59 Å². The highest BCUT2D eigenvalue weighted by Crippen LogP contribution is 2.33. The average molecular weight is 298 g/mol. The lowest BCUT2D eigenvalue weighted by atomic mass is 10.1. The third kappa shape index (κ3) is 2.46. The minimum Gasteiger partial charge on any atom is -0.437 e. The number of hydrogen-bond acceptors (Lipinski definition) is 4. The predicted molar refractivity (Wildman–Crippen MR) is 81.5 cm³/mol. The molecule has 1 aliphatic rings. The molecule has 112 valence electrons. The summed E-state index contributed by atoms with van der Waals surface area (Å²) in [5, 5.41) is 2.81. The molecule has 0 bridgehead atoms. The summed E-state index contributed by atoms with van der Waals surface area (Å²) in [6.45, 7) is 1.85. The highest BCUT2D eigenvalue weighted by atomic mass is 16.7. The van der Waals surface area contributed by atoms with E-state index in [1.54, 1.807) is 12.1 Å². The van der Waals surface area contributed by atoms with Gasteiger partial charge >= 0.3 is 6.16 Å². The molecule has 0 saturated carbocycles. The molecule has 3 rings (SSSR count). The molecule has 6 heteroatoms. The molecule has 0 fully saturated rings. The number of ether oxygens (including phenoxy) is 2. The van der Waals surface area contributed by atoms with Crippen molar-refractivity contribution in [2.24, 2.45) is 0 Å². The summed E-state index contributed by atoms with van der Waals surface area (Å²) in [5.74, 6) is 0.105. The van der Waals surface area contributed by atoms with Gasteiger partial charge in [0.15, 0.2) is 0 Å². The van der Waals surface area contributed by atoms with Gasteiger partial charge < -0.3 is 19.8 Å². The van der Waals surface area contributed by atoms with Gasteiger partial charge in [0.1, 0.15) is 0 Å². The van der Waals surface area contributed by atoms with Crippen LogP contribution >= 0.6 is 0 Å². The third-order valence-corrected chi connectivity index (χ3v) is 3.39. The Hall–Kier alpha value is -3.02. The summed E-state index contributed by atoms with van der Waals surface area (Å²) >= 11 is 0. The summed E-state index contributed by atoms with van der Waals surface area (Å²) in [6.07, 6.45) is 0.935. The van der Waals surface area contributed by atoms with Crippen LogP contribution in [0.3, 0.4) is 0 Å². The minimum atomic E-state index is -0.801. The van der Waals surface area contributed by atoms with Crippen LogP contribution in [0.2, 0.25) is 0 Å². The maximum Gasteiger partial charge on any atom is 0.514 e. The lowest BCUT2D eigenvalue weighted by molar-refractivity contribution is -0.110. The molecule has 22 heavy (non-hydrogen) atoms. The first-order valence-corrected chi connectivity index (χ1v) is 6.66. The van der Waals surface area contributed by atoms with Crippen LogP contribution < -0.4 is 10.1 Å². The molecule has 0 spiro atoms. The number of H-pyrrole nitrogens is 1. The molecule has 0 aliphatic carbocycles. The largest absolute Gasteiger partial charge is 0.514 e. The van der Waals surface area contributed by atoms with Crippen molar-refractivity contribution in [3.8, 4) is 5.88 Å². The lowest BCUT2D eigenvalue weighted by Gasteiger charge is -1.99. The fourth-order valence-electron chi connectivity index (χ4n) is 2.30. The van der Waals surface area contributed by atoms with E-state index >= 15 is 0 Å². The number of carbonyl (C=O) groups excluding carboxylic acids is 2. The Morgan fingerprint density at radius 2 is 2.05 bits per heavy atom. The quantitative estimate of drug-likeness (QED) is 0.660. The van der Waals surface area contributed by atoms with Gasteiger partial charge in [-0.2, -0.15) is 0 Å². The standard InChI is InChI=1S/C16H14N2O4/c1-9-7-14(22-16(20)21-2)17-13(9)8-11-10-5-3-4-6-12(10)18-15(11)19/h3-8,17H,1-2H3,(H,18,19). The molecule has 0 unspecified atom stereocenters. The summed E-state index contributed by atoms with van der Waals surface area (Å²) in [6, 6.07) is 9.14. The van der Waals surface area contributed by atoms with E-state index in [-0.39, 0.29) is 11.8 Å². The third-order valence-electron chi connectivity index (χ3n) is 3.39. The molecular formula is C16H14N2O4. The van der Waals surface area contributed by atoms with Gasteiger partial charge in [-0.05, 0) is 24.6 Å². The topological polar surface area (TPSA) is 80.4 Å². The Labute approximate surface area is 126 Å². The van der Waals surface area contributed by atoms with Crippen LogP contribution in [-0.2, 0) is 9.53 Å². The Morgan fingerprint density at radius 1 is 1.27 bits per heavy atom. The Kier molecular flexibility index (Phi) is 3.42. The number of aromatic amines is 1. The van der Waals surface area contributed by atoms with Crippen molar-refractivity contribution in [3.63, 3.8) is 0 Å². The highest BCUT2D eigenvalue weighted by Gasteiger charge is 2.23. The van der Waals surface area contributed by atoms with E-state index < -0.39 is 6.16 Å². The van der Waals surface area contributed by atoms with Gasteiger partial charge in [0.25, 0.3) is 5.91 Å². The molecule has 2 aromatic rings. The molecule has 0 radical (unpaired) electrons. The second kappa shape index (κ2) is 5.40. The zero-order valence-electron chi connectivity index (χ0n) is 12.1. The molecule has 1 aromatic carbocycles. The van der Waals surface area contributed by atoms with Crippen LogP contribution in [0.25, 0.3) is 11.6 Å². The molecule has 0 atom stereocenters.